The van der Waals surface area contributed by atoms with Gasteiger partial charge in [-0.15, -0.1) is 0 Å². The molecule has 1 saturated heterocycles. The molecule has 0 aromatic heterocycles. The predicted molar refractivity (Wildman–Crippen MR) is 102 cm³/mol. The van der Waals surface area contributed by atoms with E-state index in [1.54, 1.807) is 0 Å². The summed E-state index contributed by atoms with van der Waals surface area (Å²) >= 11 is 0. The molecule has 26 heavy (non-hydrogen) atoms. The minimum atomic E-state index is 0.0634. The zero-order chi connectivity index (χ0) is 18.9. The lowest BCUT2D eigenvalue weighted by Crippen LogP contribution is -2.51. The van der Waals surface area contributed by atoms with Gasteiger partial charge in [-0.05, 0) is 31.9 Å². The Labute approximate surface area is 156 Å². The van der Waals surface area contributed by atoms with E-state index in [-0.39, 0.29) is 11.8 Å². The lowest BCUT2D eigenvalue weighted by molar-refractivity contribution is -0.133. The normalized spacial score (nSPS) is 15.0. The van der Waals surface area contributed by atoms with Gasteiger partial charge >= 0.3 is 0 Å². The molecule has 6 heteroatoms. The van der Waals surface area contributed by atoms with E-state index in [4.69, 9.17) is 4.74 Å². The summed E-state index contributed by atoms with van der Waals surface area (Å²) in [5.74, 6) is 1.02. The number of ether oxygens (including phenoxy) is 1. The van der Waals surface area contributed by atoms with Crippen molar-refractivity contribution in [3.8, 4) is 5.75 Å². The van der Waals surface area contributed by atoms with Crippen molar-refractivity contribution in [2.45, 2.75) is 33.6 Å². The Morgan fingerprint density at radius 2 is 1.88 bits per heavy atom. The average molecular weight is 361 g/mol. The molecule has 6 nitrogen and oxygen atoms in total. The predicted octanol–water partition coefficient (Wildman–Crippen LogP) is 1.74. The molecule has 1 aliphatic heterocycles. The number of nitrogens with one attached hydrogen (secondary N) is 1. The van der Waals surface area contributed by atoms with Crippen LogP contribution in [-0.4, -0.2) is 67.5 Å². The van der Waals surface area contributed by atoms with Crippen molar-refractivity contribution in [2.24, 2.45) is 0 Å². The van der Waals surface area contributed by atoms with Crippen LogP contribution in [0, 0.1) is 13.8 Å². The molecule has 0 bridgehead atoms. The number of benzene rings is 1. The van der Waals surface area contributed by atoms with Crippen LogP contribution in [0.1, 0.15) is 30.9 Å². The molecule has 1 aromatic rings. The number of carbonyl (C=O) groups is 2. The van der Waals surface area contributed by atoms with Crippen LogP contribution in [0.25, 0.3) is 0 Å². The van der Waals surface area contributed by atoms with E-state index in [0.717, 1.165) is 37.4 Å². The Morgan fingerprint density at radius 3 is 2.54 bits per heavy atom. The van der Waals surface area contributed by atoms with E-state index in [9.17, 15) is 9.59 Å². The number of rotatable bonds is 8. The largest absolute Gasteiger partial charge is 0.493 e. The zero-order valence-corrected chi connectivity index (χ0v) is 16.2. The topological polar surface area (TPSA) is 61.9 Å². The molecule has 0 atom stereocenters. The Hall–Kier alpha value is -2.08. The van der Waals surface area contributed by atoms with Crippen molar-refractivity contribution in [1.82, 2.24) is 15.1 Å². The van der Waals surface area contributed by atoms with Crippen LogP contribution in [0.5, 0.6) is 5.75 Å². The van der Waals surface area contributed by atoms with Gasteiger partial charge in [-0.3, -0.25) is 14.5 Å². The summed E-state index contributed by atoms with van der Waals surface area (Å²) in [7, 11) is 0. The summed E-state index contributed by atoms with van der Waals surface area (Å²) in [6.45, 7) is 10.4. The first-order valence-corrected chi connectivity index (χ1v) is 9.46. The van der Waals surface area contributed by atoms with Gasteiger partial charge in [0.1, 0.15) is 5.75 Å². The SMILES string of the molecule is CCCNC(=O)CN1CCN(C(=O)CCOc2ccc(C)cc2C)CC1. The Kier molecular flexibility index (Phi) is 7.91. The van der Waals surface area contributed by atoms with Crippen molar-refractivity contribution in [2.75, 3.05) is 45.9 Å². The van der Waals surface area contributed by atoms with E-state index in [0.29, 0.717) is 32.7 Å². The van der Waals surface area contributed by atoms with Crippen molar-refractivity contribution < 1.29 is 14.3 Å². The first kappa shape index (κ1) is 20.2. The Morgan fingerprint density at radius 1 is 1.15 bits per heavy atom. The molecule has 2 rings (SSSR count). The second-order valence-electron chi connectivity index (χ2n) is 6.87. The van der Waals surface area contributed by atoms with Crippen molar-refractivity contribution in [3.05, 3.63) is 29.3 Å². The lowest BCUT2D eigenvalue weighted by atomic mass is 10.1. The highest BCUT2D eigenvalue weighted by molar-refractivity contribution is 5.78. The smallest absolute Gasteiger partial charge is 0.234 e. The maximum Gasteiger partial charge on any atom is 0.234 e. The molecule has 1 N–H and O–H groups in total. The van der Waals surface area contributed by atoms with Gasteiger partial charge in [-0.25, -0.2) is 0 Å². The van der Waals surface area contributed by atoms with E-state index in [1.807, 2.05) is 37.8 Å². The minimum absolute atomic E-state index is 0.0634. The summed E-state index contributed by atoms with van der Waals surface area (Å²) < 4.78 is 5.75. The number of aryl methyl sites for hydroxylation is 2. The van der Waals surface area contributed by atoms with Gasteiger partial charge in [0.25, 0.3) is 0 Å². The Balaban J connectivity index is 1.67. The lowest BCUT2D eigenvalue weighted by Gasteiger charge is -2.34. The van der Waals surface area contributed by atoms with Gasteiger partial charge in [0, 0.05) is 32.7 Å². The molecule has 144 valence electrons. The number of hydrogen-bond acceptors (Lipinski definition) is 4. The van der Waals surface area contributed by atoms with Crippen molar-refractivity contribution in [3.63, 3.8) is 0 Å². The fourth-order valence-electron chi connectivity index (χ4n) is 3.05. The quantitative estimate of drug-likeness (QED) is 0.766. The summed E-state index contributed by atoms with van der Waals surface area (Å²) in [5, 5.41) is 2.89. The van der Waals surface area contributed by atoms with E-state index >= 15 is 0 Å². The van der Waals surface area contributed by atoms with Gasteiger partial charge in [0.15, 0.2) is 0 Å². The molecule has 1 aliphatic rings. The number of hydrogen-bond donors (Lipinski definition) is 1. The van der Waals surface area contributed by atoms with Crippen molar-refractivity contribution >= 4 is 11.8 Å². The molecule has 1 fully saturated rings. The highest BCUT2D eigenvalue weighted by atomic mass is 16.5. The van der Waals surface area contributed by atoms with Gasteiger partial charge in [-0.1, -0.05) is 24.6 Å². The van der Waals surface area contributed by atoms with E-state index in [1.165, 1.54) is 5.56 Å². The Bertz CT molecular complexity index is 610. The van der Waals surface area contributed by atoms with Gasteiger partial charge in [0.05, 0.1) is 19.6 Å². The van der Waals surface area contributed by atoms with Crippen LogP contribution in [0.2, 0.25) is 0 Å². The van der Waals surface area contributed by atoms with Gasteiger partial charge in [0.2, 0.25) is 11.8 Å². The third kappa shape index (κ3) is 6.33. The second kappa shape index (κ2) is 10.2. The van der Waals surface area contributed by atoms with Crippen LogP contribution >= 0.6 is 0 Å². The fourth-order valence-corrected chi connectivity index (χ4v) is 3.05. The summed E-state index contributed by atoms with van der Waals surface area (Å²) in [4.78, 5) is 28.1. The number of carbonyl (C=O) groups excluding carboxylic acids is 2. The average Bonchev–Trinajstić information content (AvgIpc) is 2.62. The zero-order valence-electron chi connectivity index (χ0n) is 16.2. The minimum Gasteiger partial charge on any atom is -0.493 e. The molecule has 0 unspecified atom stereocenters. The molecule has 0 aliphatic carbocycles. The summed E-state index contributed by atoms with van der Waals surface area (Å²) in [6.07, 6.45) is 1.32. The monoisotopic (exact) mass is 361 g/mol. The second-order valence-corrected chi connectivity index (χ2v) is 6.87. The fraction of sp³-hybridized carbons (Fsp3) is 0.600. The van der Waals surface area contributed by atoms with Crippen LogP contribution < -0.4 is 10.1 Å². The third-order valence-electron chi connectivity index (χ3n) is 4.57. The van der Waals surface area contributed by atoms with E-state index < -0.39 is 0 Å². The number of nitrogens with zero attached hydrogens (tertiary/aromatic N) is 2. The molecule has 1 aromatic carbocycles. The molecule has 0 saturated carbocycles. The van der Waals surface area contributed by atoms with Crippen LogP contribution in [0.4, 0.5) is 0 Å². The first-order chi connectivity index (χ1) is 12.5. The highest BCUT2D eigenvalue weighted by Crippen LogP contribution is 2.18. The summed E-state index contributed by atoms with van der Waals surface area (Å²) in [6, 6.07) is 6.05. The summed E-state index contributed by atoms with van der Waals surface area (Å²) in [5.41, 5.74) is 2.29. The van der Waals surface area contributed by atoms with Crippen LogP contribution in [0.15, 0.2) is 18.2 Å². The molecule has 2 amide bonds. The maximum absolute atomic E-state index is 12.3. The van der Waals surface area contributed by atoms with Gasteiger partial charge in [-0.2, -0.15) is 0 Å². The molecule has 0 spiro atoms. The van der Waals surface area contributed by atoms with Crippen molar-refractivity contribution in [1.29, 1.82) is 0 Å². The maximum atomic E-state index is 12.3. The molecular formula is C20H31N3O3. The molecule has 1 heterocycles. The van der Waals surface area contributed by atoms with E-state index in [2.05, 4.69) is 16.3 Å². The van der Waals surface area contributed by atoms with Crippen LogP contribution in [0.3, 0.4) is 0 Å². The molecule has 0 radical (unpaired) electrons. The number of amides is 2. The first-order valence-electron chi connectivity index (χ1n) is 9.46. The number of piperazine rings is 1. The van der Waals surface area contributed by atoms with Crippen LogP contribution in [-0.2, 0) is 9.59 Å². The van der Waals surface area contributed by atoms with Gasteiger partial charge < -0.3 is 15.0 Å². The standard InChI is InChI=1S/C20H31N3O3/c1-4-8-21-19(24)15-22-9-11-23(12-10-22)20(25)7-13-26-18-6-5-16(2)14-17(18)3/h5-6,14H,4,7-13,15H2,1-3H3,(H,21,24). The molecular weight excluding hydrogens is 330 g/mol. The highest BCUT2D eigenvalue weighted by Gasteiger charge is 2.22. The third-order valence-corrected chi connectivity index (χ3v) is 4.57.